The van der Waals surface area contributed by atoms with Crippen LogP contribution in [0.5, 0.6) is 0 Å². The second-order valence-corrected chi connectivity index (χ2v) is 4.67. The van der Waals surface area contributed by atoms with Crippen LogP contribution in [0.1, 0.15) is 33.1 Å². The minimum atomic E-state index is -0.343. The van der Waals surface area contributed by atoms with Gasteiger partial charge in [-0.1, -0.05) is 20.3 Å². The fraction of sp³-hybridized carbons (Fsp3) is 0.917. The first-order valence-electron chi connectivity index (χ1n) is 6.17. The van der Waals surface area contributed by atoms with E-state index in [1.165, 1.54) is 0 Å². The van der Waals surface area contributed by atoms with E-state index in [2.05, 4.69) is 6.92 Å². The van der Waals surface area contributed by atoms with E-state index in [9.17, 15) is 4.79 Å². The van der Waals surface area contributed by atoms with Crippen LogP contribution in [-0.2, 0) is 9.53 Å². The fourth-order valence-electron chi connectivity index (χ4n) is 2.02. The Morgan fingerprint density at radius 3 is 2.50 bits per heavy atom. The van der Waals surface area contributed by atoms with Gasteiger partial charge in [0.2, 0.25) is 5.91 Å². The average molecular weight is 228 g/mol. The minimum Gasteiger partial charge on any atom is -0.381 e. The van der Waals surface area contributed by atoms with Gasteiger partial charge in [0.15, 0.2) is 0 Å². The molecule has 94 valence electrons. The number of rotatable bonds is 4. The Bertz CT molecular complexity index is 225. The van der Waals surface area contributed by atoms with E-state index in [0.717, 1.165) is 32.4 Å². The first-order valence-corrected chi connectivity index (χ1v) is 6.17. The molecule has 1 amide bonds. The Balaban J connectivity index is 2.44. The molecule has 1 saturated heterocycles. The van der Waals surface area contributed by atoms with E-state index in [-0.39, 0.29) is 17.9 Å². The molecule has 0 bridgehead atoms. The summed E-state index contributed by atoms with van der Waals surface area (Å²) in [6.07, 6.45) is 3.11. The molecule has 1 rings (SSSR count). The smallest absolute Gasteiger partial charge is 0.239 e. The van der Waals surface area contributed by atoms with Crippen LogP contribution in [0.2, 0.25) is 0 Å². The van der Waals surface area contributed by atoms with Crippen molar-refractivity contribution in [3.63, 3.8) is 0 Å². The molecule has 1 unspecified atom stereocenters. The lowest BCUT2D eigenvalue weighted by Crippen LogP contribution is -2.50. The Morgan fingerprint density at radius 1 is 1.50 bits per heavy atom. The summed E-state index contributed by atoms with van der Waals surface area (Å²) in [5, 5.41) is 0. The number of hydrogen-bond acceptors (Lipinski definition) is 3. The number of methoxy groups -OCH3 is 1. The van der Waals surface area contributed by atoms with Crippen LogP contribution < -0.4 is 5.73 Å². The van der Waals surface area contributed by atoms with Crippen LogP contribution >= 0.6 is 0 Å². The highest BCUT2D eigenvalue weighted by Gasteiger charge is 2.28. The molecule has 2 atom stereocenters. The third-order valence-electron chi connectivity index (χ3n) is 3.63. The molecular formula is C12H24N2O2. The quantitative estimate of drug-likeness (QED) is 0.781. The Hall–Kier alpha value is -0.610. The lowest BCUT2D eigenvalue weighted by molar-refractivity contribution is -0.136. The van der Waals surface area contributed by atoms with E-state index < -0.39 is 0 Å². The van der Waals surface area contributed by atoms with Gasteiger partial charge >= 0.3 is 0 Å². The molecule has 1 aliphatic heterocycles. The summed E-state index contributed by atoms with van der Waals surface area (Å²) in [6.45, 7) is 5.66. The molecule has 16 heavy (non-hydrogen) atoms. The monoisotopic (exact) mass is 228 g/mol. The molecule has 1 fully saturated rings. The van der Waals surface area contributed by atoms with Gasteiger partial charge in [-0.3, -0.25) is 4.79 Å². The van der Waals surface area contributed by atoms with Crippen molar-refractivity contribution in [3.8, 4) is 0 Å². The predicted octanol–water partition coefficient (Wildman–Crippen LogP) is 0.997. The number of nitrogens with two attached hydrogens (primary N) is 1. The van der Waals surface area contributed by atoms with Crippen molar-refractivity contribution < 1.29 is 9.53 Å². The maximum Gasteiger partial charge on any atom is 0.239 e. The van der Waals surface area contributed by atoms with E-state index in [0.29, 0.717) is 6.10 Å². The third kappa shape index (κ3) is 3.19. The zero-order valence-corrected chi connectivity index (χ0v) is 10.6. The molecule has 0 radical (unpaired) electrons. The predicted molar refractivity (Wildman–Crippen MR) is 64.0 cm³/mol. The van der Waals surface area contributed by atoms with Crippen molar-refractivity contribution >= 4 is 5.91 Å². The van der Waals surface area contributed by atoms with E-state index in [1.807, 2.05) is 11.8 Å². The highest BCUT2D eigenvalue weighted by molar-refractivity contribution is 5.82. The van der Waals surface area contributed by atoms with Crippen molar-refractivity contribution in [3.05, 3.63) is 0 Å². The van der Waals surface area contributed by atoms with Crippen molar-refractivity contribution in [1.82, 2.24) is 4.90 Å². The summed E-state index contributed by atoms with van der Waals surface area (Å²) in [5.41, 5.74) is 5.95. The summed E-state index contributed by atoms with van der Waals surface area (Å²) >= 11 is 0. The van der Waals surface area contributed by atoms with E-state index in [4.69, 9.17) is 10.5 Å². The number of ether oxygens (including phenoxy) is 1. The maximum absolute atomic E-state index is 12.1. The Morgan fingerprint density at radius 2 is 2.06 bits per heavy atom. The van der Waals surface area contributed by atoms with Gasteiger partial charge in [0.1, 0.15) is 0 Å². The molecule has 0 saturated carbocycles. The molecule has 4 heteroatoms. The SMILES string of the molecule is CCC(C)[C@H](N)C(=O)N1CCC(OC)CC1. The van der Waals surface area contributed by atoms with Crippen molar-refractivity contribution in [2.24, 2.45) is 11.7 Å². The second-order valence-electron chi connectivity index (χ2n) is 4.67. The number of carbonyl (C=O) groups is 1. The standard InChI is InChI=1S/C12H24N2O2/c1-4-9(2)11(13)12(15)14-7-5-10(16-3)6-8-14/h9-11H,4-8,13H2,1-3H3/t9?,11-/m0/s1. The van der Waals surface area contributed by atoms with E-state index in [1.54, 1.807) is 7.11 Å². The number of hydrogen-bond donors (Lipinski definition) is 1. The molecule has 0 aromatic carbocycles. The zero-order valence-electron chi connectivity index (χ0n) is 10.6. The molecule has 0 spiro atoms. The van der Waals surface area contributed by atoms with Gasteiger partial charge in [-0.2, -0.15) is 0 Å². The van der Waals surface area contributed by atoms with Gasteiger partial charge in [0.25, 0.3) is 0 Å². The summed E-state index contributed by atoms with van der Waals surface area (Å²) in [6, 6.07) is -0.343. The van der Waals surface area contributed by atoms with Crippen molar-refractivity contribution in [2.45, 2.75) is 45.3 Å². The molecule has 4 nitrogen and oxygen atoms in total. The summed E-state index contributed by atoms with van der Waals surface area (Å²) in [4.78, 5) is 13.9. The number of amides is 1. The van der Waals surface area contributed by atoms with Gasteiger partial charge in [-0.05, 0) is 18.8 Å². The normalized spacial score (nSPS) is 21.9. The summed E-state index contributed by atoms with van der Waals surface area (Å²) in [7, 11) is 1.73. The summed E-state index contributed by atoms with van der Waals surface area (Å²) < 4.78 is 5.28. The van der Waals surface area contributed by atoms with Gasteiger partial charge in [-0.25, -0.2) is 0 Å². The van der Waals surface area contributed by atoms with Gasteiger partial charge in [0, 0.05) is 20.2 Å². The highest BCUT2D eigenvalue weighted by Crippen LogP contribution is 2.16. The van der Waals surface area contributed by atoms with Crippen LogP contribution in [0.3, 0.4) is 0 Å². The highest BCUT2D eigenvalue weighted by atomic mass is 16.5. The van der Waals surface area contributed by atoms with E-state index >= 15 is 0 Å². The molecular weight excluding hydrogens is 204 g/mol. The Labute approximate surface area is 98.1 Å². The van der Waals surface area contributed by atoms with Crippen LogP contribution in [0.25, 0.3) is 0 Å². The fourth-order valence-corrected chi connectivity index (χ4v) is 2.02. The number of carbonyl (C=O) groups excluding carboxylic acids is 1. The molecule has 2 N–H and O–H groups in total. The third-order valence-corrected chi connectivity index (χ3v) is 3.63. The largest absolute Gasteiger partial charge is 0.381 e. The molecule has 1 aliphatic rings. The molecule has 1 heterocycles. The first-order chi connectivity index (χ1) is 7.60. The zero-order chi connectivity index (χ0) is 12.1. The van der Waals surface area contributed by atoms with Gasteiger partial charge in [0.05, 0.1) is 12.1 Å². The van der Waals surface area contributed by atoms with Crippen molar-refractivity contribution in [2.75, 3.05) is 20.2 Å². The lowest BCUT2D eigenvalue weighted by Gasteiger charge is -2.34. The lowest BCUT2D eigenvalue weighted by atomic mass is 9.97. The molecule has 0 aromatic rings. The first kappa shape index (κ1) is 13.5. The average Bonchev–Trinajstić information content (AvgIpc) is 2.36. The van der Waals surface area contributed by atoms with Crippen molar-refractivity contribution in [1.29, 1.82) is 0 Å². The molecule has 0 aliphatic carbocycles. The van der Waals surface area contributed by atoms with Gasteiger partial charge in [-0.15, -0.1) is 0 Å². The van der Waals surface area contributed by atoms with Crippen LogP contribution in [0, 0.1) is 5.92 Å². The maximum atomic E-state index is 12.1. The second kappa shape index (κ2) is 6.21. The van der Waals surface area contributed by atoms with Crippen LogP contribution in [0.4, 0.5) is 0 Å². The van der Waals surface area contributed by atoms with Gasteiger partial charge < -0.3 is 15.4 Å². The minimum absolute atomic E-state index is 0.101. The number of piperidine rings is 1. The number of nitrogens with zero attached hydrogens (tertiary/aromatic N) is 1. The van der Waals surface area contributed by atoms with Crippen LogP contribution in [0.15, 0.2) is 0 Å². The topological polar surface area (TPSA) is 55.6 Å². The summed E-state index contributed by atoms with van der Waals surface area (Å²) in [5.74, 6) is 0.358. The molecule has 0 aromatic heterocycles. The Kier molecular flexibility index (Phi) is 5.22. The number of likely N-dealkylation sites (tertiary alicyclic amines) is 1. The van der Waals surface area contributed by atoms with Crippen LogP contribution in [-0.4, -0.2) is 43.2 Å².